The summed E-state index contributed by atoms with van der Waals surface area (Å²) >= 11 is 6.36. The number of nitrogens with zero attached hydrogens (tertiary/aromatic N) is 3. The molecule has 4 nitrogen and oxygen atoms in total. The molecule has 0 aliphatic heterocycles. The van der Waals surface area contributed by atoms with Gasteiger partial charge in [0.1, 0.15) is 0 Å². The molecule has 0 aliphatic rings. The Labute approximate surface area is 122 Å². The SMILES string of the molecule is CCC(C)(C)C(NC)c1c(Cl)cnn1CCN(C)C. The molecule has 1 rings (SSSR count). The van der Waals surface area contributed by atoms with E-state index in [1.165, 1.54) is 0 Å². The Balaban J connectivity index is 3.06. The molecule has 19 heavy (non-hydrogen) atoms. The van der Waals surface area contributed by atoms with Gasteiger partial charge in [0.05, 0.1) is 29.5 Å². The van der Waals surface area contributed by atoms with Crippen LogP contribution in [0.4, 0.5) is 0 Å². The number of halogens is 1. The molecule has 1 unspecified atom stereocenters. The van der Waals surface area contributed by atoms with Crippen molar-refractivity contribution in [1.82, 2.24) is 20.0 Å². The zero-order chi connectivity index (χ0) is 14.6. The Bertz CT molecular complexity index is 398. The highest BCUT2D eigenvalue weighted by molar-refractivity contribution is 6.31. The lowest BCUT2D eigenvalue weighted by molar-refractivity contribution is 0.231. The molecule has 110 valence electrons. The third-order valence-electron chi connectivity index (χ3n) is 3.85. The normalized spacial score (nSPS) is 14.1. The molecule has 0 bridgehead atoms. The zero-order valence-electron chi connectivity index (χ0n) is 13.0. The molecule has 0 spiro atoms. The molecular formula is C14H27ClN4. The highest BCUT2D eigenvalue weighted by Crippen LogP contribution is 2.38. The molecule has 0 radical (unpaired) electrons. The van der Waals surface area contributed by atoms with Crippen LogP contribution in [0.1, 0.15) is 38.9 Å². The monoisotopic (exact) mass is 286 g/mol. The summed E-state index contributed by atoms with van der Waals surface area (Å²) in [5, 5.41) is 8.58. The molecule has 5 heteroatoms. The Kier molecular flexibility index (Phi) is 5.83. The van der Waals surface area contributed by atoms with E-state index in [1.54, 1.807) is 6.20 Å². The van der Waals surface area contributed by atoms with Gasteiger partial charge in [-0.1, -0.05) is 32.4 Å². The lowest BCUT2D eigenvalue weighted by atomic mass is 9.80. The van der Waals surface area contributed by atoms with Gasteiger partial charge < -0.3 is 10.2 Å². The van der Waals surface area contributed by atoms with E-state index in [0.717, 1.165) is 30.2 Å². The maximum absolute atomic E-state index is 6.36. The molecule has 0 saturated heterocycles. The summed E-state index contributed by atoms with van der Waals surface area (Å²) in [5.41, 5.74) is 1.23. The van der Waals surface area contributed by atoms with Gasteiger partial charge in [0.15, 0.2) is 0 Å². The quantitative estimate of drug-likeness (QED) is 0.837. The van der Waals surface area contributed by atoms with Crippen molar-refractivity contribution in [3.8, 4) is 0 Å². The van der Waals surface area contributed by atoms with Crippen molar-refractivity contribution in [2.45, 2.75) is 39.8 Å². The van der Waals surface area contributed by atoms with E-state index in [1.807, 2.05) is 11.7 Å². The van der Waals surface area contributed by atoms with Crippen LogP contribution in [0.15, 0.2) is 6.20 Å². The van der Waals surface area contributed by atoms with Crippen LogP contribution in [0.25, 0.3) is 0 Å². The minimum absolute atomic E-state index is 0.133. The Morgan fingerprint density at radius 1 is 1.47 bits per heavy atom. The van der Waals surface area contributed by atoms with Gasteiger partial charge >= 0.3 is 0 Å². The largest absolute Gasteiger partial charge is 0.311 e. The molecule has 1 atom stereocenters. The van der Waals surface area contributed by atoms with Crippen LogP contribution >= 0.6 is 11.6 Å². The fraction of sp³-hybridized carbons (Fsp3) is 0.786. The average molecular weight is 287 g/mol. The number of nitrogens with one attached hydrogen (secondary N) is 1. The second kappa shape index (κ2) is 6.73. The summed E-state index contributed by atoms with van der Waals surface area (Å²) in [4.78, 5) is 2.15. The molecule has 0 amide bonds. The van der Waals surface area contributed by atoms with Crippen LogP contribution in [-0.4, -0.2) is 42.4 Å². The van der Waals surface area contributed by atoms with E-state index in [0.29, 0.717) is 0 Å². The predicted octanol–water partition coefficient (Wildman–Crippen LogP) is 2.79. The Morgan fingerprint density at radius 3 is 2.58 bits per heavy atom. The fourth-order valence-electron chi connectivity index (χ4n) is 2.23. The molecule has 1 aromatic rings. The number of hydrogen-bond donors (Lipinski definition) is 1. The summed E-state index contributed by atoms with van der Waals surface area (Å²) < 4.78 is 2.03. The van der Waals surface area contributed by atoms with Gasteiger partial charge in [-0.15, -0.1) is 0 Å². The van der Waals surface area contributed by atoms with Crippen molar-refractivity contribution in [2.75, 3.05) is 27.7 Å². The highest BCUT2D eigenvalue weighted by atomic mass is 35.5. The molecule has 1 N–H and O–H groups in total. The summed E-state index contributed by atoms with van der Waals surface area (Å²) in [5.74, 6) is 0. The van der Waals surface area contributed by atoms with Crippen molar-refractivity contribution in [3.63, 3.8) is 0 Å². The van der Waals surface area contributed by atoms with E-state index < -0.39 is 0 Å². The lowest BCUT2D eigenvalue weighted by Crippen LogP contribution is -2.34. The number of rotatable bonds is 7. The summed E-state index contributed by atoms with van der Waals surface area (Å²) in [6.45, 7) is 8.53. The Morgan fingerprint density at radius 2 is 2.11 bits per heavy atom. The summed E-state index contributed by atoms with van der Waals surface area (Å²) in [7, 11) is 6.12. The van der Waals surface area contributed by atoms with Gasteiger partial charge in [0.25, 0.3) is 0 Å². The van der Waals surface area contributed by atoms with Crippen LogP contribution in [0, 0.1) is 5.41 Å². The van der Waals surface area contributed by atoms with Crippen molar-refractivity contribution in [1.29, 1.82) is 0 Å². The van der Waals surface area contributed by atoms with Crippen molar-refractivity contribution in [2.24, 2.45) is 5.41 Å². The Hall–Kier alpha value is -0.580. The van der Waals surface area contributed by atoms with Gasteiger partial charge in [0.2, 0.25) is 0 Å². The van der Waals surface area contributed by atoms with Crippen LogP contribution in [-0.2, 0) is 6.54 Å². The predicted molar refractivity (Wildman–Crippen MR) is 81.7 cm³/mol. The van der Waals surface area contributed by atoms with Crippen molar-refractivity contribution in [3.05, 3.63) is 16.9 Å². The minimum atomic E-state index is 0.133. The van der Waals surface area contributed by atoms with Crippen LogP contribution in [0.5, 0.6) is 0 Å². The molecular weight excluding hydrogens is 260 g/mol. The first-order valence-corrected chi connectivity index (χ1v) is 7.24. The van der Waals surface area contributed by atoms with Crippen LogP contribution in [0.2, 0.25) is 5.02 Å². The zero-order valence-corrected chi connectivity index (χ0v) is 13.8. The molecule has 1 heterocycles. The summed E-state index contributed by atoms with van der Waals surface area (Å²) in [6, 6.07) is 0.203. The first-order chi connectivity index (χ1) is 8.83. The number of likely N-dealkylation sites (N-methyl/N-ethyl adjacent to an activating group) is 1. The van der Waals surface area contributed by atoms with Gasteiger partial charge in [-0.3, -0.25) is 4.68 Å². The first-order valence-electron chi connectivity index (χ1n) is 6.86. The average Bonchev–Trinajstić information content (AvgIpc) is 2.69. The van der Waals surface area contributed by atoms with Crippen molar-refractivity contribution < 1.29 is 0 Å². The van der Waals surface area contributed by atoms with Gasteiger partial charge in [-0.05, 0) is 33.0 Å². The highest BCUT2D eigenvalue weighted by Gasteiger charge is 2.32. The summed E-state index contributed by atoms with van der Waals surface area (Å²) in [6.07, 6.45) is 2.83. The third kappa shape index (κ3) is 3.94. The standard InChI is InChI=1S/C14H27ClN4/c1-7-14(2,3)13(16-4)12-11(15)10-17-19(12)9-8-18(5)6/h10,13,16H,7-9H2,1-6H3. The molecule has 0 aliphatic carbocycles. The van der Waals surface area contributed by atoms with Crippen LogP contribution < -0.4 is 5.32 Å². The second-order valence-corrected chi connectivity index (χ2v) is 6.38. The maximum Gasteiger partial charge on any atom is 0.0834 e. The first kappa shape index (κ1) is 16.5. The van der Waals surface area contributed by atoms with E-state index in [9.17, 15) is 0 Å². The second-order valence-electron chi connectivity index (χ2n) is 5.97. The van der Waals surface area contributed by atoms with E-state index in [4.69, 9.17) is 11.6 Å². The van der Waals surface area contributed by atoms with E-state index >= 15 is 0 Å². The lowest BCUT2D eigenvalue weighted by Gasteiger charge is -2.34. The molecule has 0 fully saturated rings. The van der Waals surface area contributed by atoms with Gasteiger partial charge in [-0.2, -0.15) is 5.10 Å². The van der Waals surface area contributed by atoms with Gasteiger partial charge in [-0.25, -0.2) is 0 Å². The molecule has 1 aromatic heterocycles. The van der Waals surface area contributed by atoms with E-state index in [-0.39, 0.29) is 11.5 Å². The van der Waals surface area contributed by atoms with Gasteiger partial charge in [0, 0.05) is 6.54 Å². The number of aromatic nitrogens is 2. The van der Waals surface area contributed by atoms with E-state index in [2.05, 4.69) is 50.2 Å². The topological polar surface area (TPSA) is 33.1 Å². The third-order valence-corrected chi connectivity index (χ3v) is 4.14. The fourth-order valence-corrected chi connectivity index (χ4v) is 2.48. The van der Waals surface area contributed by atoms with Crippen molar-refractivity contribution >= 4 is 11.6 Å². The minimum Gasteiger partial charge on any atom is -0.311 e. The van der Waals surface area contributed by atoms with Crippen LogP contribution in [0.3, 0.4) is 0 Å². The molecule has 0 saturated carbocycles. The number of hydrogen-bond acceptors (Lipinski definition) is 3. The molecule has 0 aromatic carbocycles. The smallest absolute Gasteiger partial charge is 0.0834 e. The maximum atomic E-state index is 6.36.